The van der Waals surface area contributed by atoms with Crippen LogP contribution in [0.25, 0.3) is 0 Å². The van der Waals surface area contributed by atoms with Gasteiger partial charge in [-0.1, -0.05) is 28.1 Å². The number of hydrogen-bond acceptors (Lipinski definition) is 1. The number of hydrogen-bond donors (Lipinski definition) is 1. The standard InChI is InChI=1S/C12H15BrF3N/c13-11-5-3-4-10(8-11)9-17-7-2-1-6-12(14,15)16/h3-5,8,17H,1-2,6-7,9H2. The normalized spacial score (nSPS) is 11.8. The van der Waals surface area contributed by atoms with Gasteiger partial charge in [-0.3, -0.25) is 0 Å². The van der Waals surface area contributed by atoms with Crippen molar-refractivity contribution in [2.24, 2.45) is 0 Å². The maximum atomic E-state index is 11.8. The fourth-order valence-electron chi connectivity index (χ4n) is 1.46. The molecule has 1 nitrogen and oxygen atoms in total. The van der Waals surface area contributed by atoms with E-state index in [0.717, 1.165) is 10.0 Å². The summed E-state index contributed by atoms with van der Waals surface area (Å²) >= 11 is 3.37. The van der Waals surface area contributed by atoms with E-state index in [9.17, 15) is 13.2 Å². The van der Waals surface area contributed by atoms with E-state index in [-0.39, 0.29) is 6.42 Å². The van der Waals surface area contributed by atoms with E-state index < -0.39 is 12.6 Å². The SMILES string of the molecule is FC(F)(F)CCCCNCc1cccc(Br)c1. The predicted octanol–water partition coefficient (Wildman–Crippen LogP) is 4.27. The van der Waals surface area contributed by atoms with Crippen molar-refractivity contribution >= 4 is 15.9 Å². The average Bonchev–Trinajstić information content (AvgIpc) is 2.22. The van der Waals surface area contributed by atoms with Crippen molar-refractivity contribution in [1.82, 2.24) is 5.32 Å². The minimum absolute atomic E-state index is 0.189. The molecule has 0 aliphatic rings. The van der Waals surface area contributed by atoms with Crippen LogP contribution in [0.2, 0.25) is 0 Å². The molecule has 0 aromatic heterocycles. The molecule has 0 spiro atoms. The summed E-state index contributed by atoms with van der Waals surface area (Å²) in [6.07, 6.45) is -3.97. The Morgan fingerprint density at radius 3 is 2.59 bits per heavy atom. The third kappa shape index (κ3) is 7.39. The Labute approximate surface area is 108 Å². The Kier molecular flexibility index (Phi) is 5.98. The second-order valence-corrected chi connectivity index (χ2v) is 4.79. The molecule has 0 saturated heterocycles. The van der Waals surface area contributed by atoms with Crippen LogP contribution >= 0.6 is 15.9 Å². The molecular formula is C12H15BrF3N. The van der Waals surface area contributed by atoms with Crippen LogP contribution in [0.1, 0.15) is 24.8 Å². The first-order valence-electron chi connectivity index (χ1n) is 5.49. The number of alkyl halides is 3. The second kappa shape index (κ2) is 7.01. The molecule has 1 N–H and O–H groups in total. The quantitative estimate of drug-likeness (QED) is 0.774. The minimum Gasteiger partial charge on any atom is -0.313 e. The molecule has 0 aliphatic carbocycles. The summed E-state index contributed by atoms with van der Waals surface area (Å²) in [7, 11) is 0. The van der Waals surface area contributed by atoms with Crippen LogP contribution in [-0.4, -0.2) is 12.7 Å². The van der Waals surface area contributed by atoms with Crippen molar-refractivity contribution in [2.45, 2.75) is 32.0 Å². The summed E-state index contributed by atoms with van der Waals surface area (Å²) in [4.78, 5) is 0. The fourth-order valence-corrected chi connectivity index (χ4v) is 1.90. The summed E-state index contributed by atoms with van der Waals surface area (Å²) in [6, 6.07) is 7.84. The number of unbranched alkanes of at least 4 members (excludes halogenated alkanes) is 1. The van der Waals surface area contributed by atoms with Gasteiger partial charge >= 0.3 is 6.18 Å². The predicted molar refractivity (Wildman–Crippen MR) is 65.8 cm³/mol. The van der Waals surface area contributed by atoms with Gasteiger partial charge in [0, 0.05) is 17.4 Å². The lowest BCUT2D eigenvalue weighted by atomic mass is 10.2. The van der Waals surface area contributed by atoms with Crippen molar-refractivity contribution in [3.8, 4) is 0 Å². The summed E-state index contributed by atoms with van der Waals surface area (Å²) in [5, 5.41) is 3.13. The van der Waals surface area contributed by atoms with Gasteiger partial charge in [-0.05, 0) is 37.1 Å². The maximum absolute atomic E-state index is 11.8. The first-order chi connectivity index (χ1) is 7.97. The highest BCUT2D eigenvalue weighted by Gasteiger charge is 2.25. The monoisotopic (exact) mass is 309 g/mol. The molecule has 0 bridgehead atoms. The zero-order valence-corrected chi connectivity index (χ0v) is 10.9. The van der Waals surface area contributed by atoms with Crippen LogP contribution in [0, 0.1) is 0 Å². The minimum atomic E-state index is -4.02. The van der Waals surface area contributed by atoms with E-state index in [4.69, 9.17) is 0 Å². The molecule has 0 amide bonds. The molecule has 0 heterocycles. The lowest BCUT2D eigenvalue weighted by molar-refractivity contribution is -0.135. The molecule has 17 heavy (non-hydrogen) atoms. The third-order valence-electron chi connectivity index (χ3n) is 2.28. The Balaban J connectivity index is 2.09. The Hall–Kier alpha value is -0.550. The lowest BCUT2D eigenvalue weighted by Crippen LogP contribution is -2.15. The molecule has 0 aliphatic heterocycles. The largest absolute Gasteiger partial charge is 0.389 e. The molecule has 96 valence electrons. The summed E-state index contributed by atoms with van der Waals surface area (Å²) in [6.45, 7) is 1.30. The van der Waals surface area contributed by atoms with Gasteiger partial charge in [0.25, 0.3) is 0 Å². The van der Waals surface area contributed by atoms with Crippen LogP contribution in [0.5, 0.6) is 0 Å². The van der Waals surface area contributed by atoms with Gasteiger partial charge in [0.1, 0.15) is 0 Å². The molecule has 0 unspecified atom stereocenters. The zero-order chi connectivity index (χ0) is 12.7. The van der Waals surface area contributed by atoms with Crippen LogP contribution in [0.3, 0.4) is 0 Å². The highest BCUT2D eigenvalue weighted by Crippen LogP contribution is 2.21. The van der Waals surface area contributed by atoms with E-state index >= 15 is 0 Å². The van der Waals surface area contributed by atoms with Crippen molar-refractivity contribution < 1.29 is 13.2 Å². The second-order valence-electron chi connectivity index (χ2n) is 3.88. The van der Waals surface area contributed by atoms with Crippen molar-refractivity contribution in [3.63, 3.8) is 0 Å². The molecule has 1 aromatic carbocycles. The summed E-state index contributed by atoms with van der Waals surface area (Å²) < 4.78 is 36.6. The maximum Gasteiger partial charge on any atom is 0.389 e. The van der Waals surface area contributed by atoms with Crippen molar-refractivity contribution in [3.05, 3.63) is 34.3 Å². The van der Waals surface area contributed by atoms with Crippen LogP contribution in [0.15, 0.2) is 28.7 Å². The molecular weight excluding hydrogens is 295 g/mol. The van der Waals surface area contributed by atoms with Crippen LogP contribution in [-0.2, 0) is 6.54 Å². The van der Waals surface area contributed by atoms with E-state index in [2.05, 4.69) is 21.2 Å². The molecule has 1 rings (SSSR count). The zero-order valence-electron chi connectivity index (χ0n) is 9.36. The first-order valence-corrected chi connectivity index (χ1v) is 6.28. The van der Waals surface area contributed by atoms with E-state index in [1.165, 1.54) is 0 Å². The van der Waals surface area contributed by atoms with Crippen molar-refractivity contribution in [1.29, 1.82) is 0 Å². The van der Waals surface area contributed by atoms with Gasteiger partial charge in [-0.15, -0.1) is 0 Å². The van der Waals surface area contributed by atoms with Gasteiger partial charge in [0.2, 0.25) is 0 Å². The molecule has 0 fully saturated rings. The van der Waals surface area contributed by atoms with Gasteiger partial charge in [-0.2, -0.15) is 13.2 Å². The van der Waals surface area contributed by atoms with Gasteiger partial charge in [0.15, 0.2) is 0 Å². The van der Waals surface area contributed by atoms with Gasteiger partial charge in [0.05, 0.1) is 0 Å². The third-order valence-corrected chi connectivity index (χ3v) is 2.78. The molecule has 0 atom stereocenters. The van der Waals surface area contributed by atoms with Crippen molar-refractivity contribution in [2.75, 3.05) is 6.54 Å². The van der Waals surface area contributed by atoms with Gasteiger partial charge < -0.3 is 5.32 Å². The topological polar surface area (TPSA) is 12.0 Å². The summed E-state index contributed by atoms with van der Waals surface area (Å²) in [5.74, 6) is 0. The lowest BCUT2D eigenvalue weighted by Gasteiger charge is -2.07. The summed E-state index contributed by atoms with van der Waals surface area (Å²) in [5.41, 5.74) is 1.12. The van der Waals surface area contributed by atoms with Crippen LogP contribution in [0.4, 0.5) is 13.2 Å². The van der Waals surface area contributed by atoms with E-state index in [1.54, 1.807) is 0 Å². The molecule has 5 heteroatoms. The smallest absolute Gasteiger partial charge is 0.313 e. The molecule has 0 saturated carbocycles. The number of nitrogens with one attached hydrogen (secondary N) is 1. The molecule has 0 radical (unpaired) electrons. The highest BCUT2D eigenvalue weighted by atomic mass is 79.9. The van der Waals surface area contributed by atoms with E-state index in [1.807, 2.05) is 24.3 Å². The van der Waals surface area contributed by atoms with Crippen LogP contribution < -0.4 is 5.32 Å². The van der Waals surface area contributed by atoms with E-state index in [0.29, 0.717) is 19.5 Å². The molecule has 1 aromatic rings. The average molecular weight is 310 g/mol. The number of rotatable bonds is 6. The fraction of sp³-hybridized carbons (Fsp3) is 0.500. The van der Waals surface area contributed by atoms with Gasteiger partial charge in [-0.25, -0.2) is 0 Å². The Bertz CT molecular complexity index is 339. The Morgan fingerprint density at radius 2 is 1.94 bits per heavy atom. The number of halogens is 4. The Morgan fingerprint density at radius 1 is 1.18 bits per heavy atom. The highest BCUT2D eigenvalue weighted by molar-refractivity contribution is 9.10. The first kappa shape index (κ1) is 14.5. The number of benzene rings is 1.